The van der Waals surface area contributed by atoms with E-state index in [1.165, 1.54) is 0 Å². The van der Waals surface area contributed by atoms with Crippen molar-refractivity contribution in [2.45, 2.75) is 25.8 Å². The van der Waals surface area contributed by atoms with E-state index in [-0.39, 0.29) is 11.6 Å². The zero-order chi connectivity index (χ0) is 17.1. The summed E-state index contributed by atoms with van der Waals surface area (Å²) in [6.45, 7) is 4.00. The third kappa shape index (κ3) is 3.98. The summed E-state index contributed by atoms with van der Waals surface area (Å²) in [5.74, 6) is -1.42. The maximum Gasteiger partial charge on any atom is 0.330 e. The van der Waals surface area contributed by atoms with E-state index in [1.807, 2.05) is 13.8 Å². The number of carboxylic acid groups (broad SMARTS) is 1. The number of carbonyl (C=O) groups excluding carboxylic acids is 1. The number of benzene rings is 1. The van der Waals surface area contributed by atoms with Gasteiger partial charge in [0.2, 0.25) is 0 Å². The molecule has 0 bridgehead atoms. The van der Waals surface area contributed by atoms with Gasteiger partial charge >= 0.3 is 5.97 Å². The highest BCUT2D eigenvalue weighted by Gasteiger charge is 2.24. The minimum Gasteiger partial charge on any atom is -0.479 e. The second kappa shape index (κ2) is 6.95. The molecule has 2 rings (SSSR count). The van der Waals surface area contributed by atoms with Crippen molar-refractivity contribution in [1.29, 1.82) is 0 Å². The van der Waals surface area contributed by atoms with Gasteiger partial charge in [0.15, 0.2) is 6.04 Å². The maximum absolute atomic E-state index is 12.3. The van der Waals surface area contributed by atoms with E-state index in [4.69, 9.17) is 0 Å². The summed E-state index contributed by atoms with van der Waals surface area (Å²) >= 11 is 3.30. The van der Waals surface area contributed by atoms with Crippen LogP contribution in [0.15, 0.2) is 34.8 Å². The second-order valence-corrected chi connectivity index (χ2v) is 6.44. The van der Waals surface area contributed by atoms with E-state index in [0.717, 1.165) is 10.2 Å². The molecule has 0 aliphatic heterocycles. The molecule has 0 radical (unpaired) electrons. The smallest absolute Gasteiger partial charge is 0.330 e. The first-order valence-electron chi connectivity index (χ1n) is 7.12. The molecule has 0 aliphatic carbocycles. The molecule has 1 unspecified atom stereocenters. The number of hydrogen-bond donors (Lipinski definition) is 2. The first kappa shape index (κ1) is 17.2. The van der Waals surface area contributed by atoms with E-state index in [1.54, 1.807) is 42.1 Å². The van der Waals surface area contributed by atoms with Gasteiger partial charge in [0, 0.05) is 17.2 Å². The molecule has 1 amide bonds. The fourth-order valence-electron chi connectivity index (χ4n) is 2.28. The van der Waals surface area contributed by atoms with Crippen molar-refractivity contribution in [3.63, 3.8) is 0 Å². The van der Waals surface area contributed by atoms with Crippen LogP contribution in [-0.2, 0) is 11.8 Å². The molecule has 2 aromatic rings. The van der Waals surface area contributed by atoms with Crippen molar-refractivity contribution in [3.8, 4) is 0 Å². The van der Waals surface area contributed by atoms with Crippen LogP contribution in [0.25, 0.3) is 0 Å². The Morgan fingerprint density at radius 2 is 1.87 bits per heavy atom. The third-order valence-corrected chi connectivity index (χ3v) is 3.99. The normalized spacial score (nSPS) is 12.2. The van der Waals surface area contributed by atoms with Gasteiger partial charge in [-0.15, -0.1) is 0 Å². The fourth-order valence-corrected chi connectivity index (χ4v) is 2.55. The molecule has 1 heterocycles. The van der Waals surface area contributed by atoms with Crippen molar-refractivity contribution >= 4 is 27.8 Å². The Morgan fingerprint density at radius 1 is 1.26 bits per heavy atom. The second-order valence-electron chi connectivity index (χ2n) is 5.53. The summed E-state index contributed by atoms with van der Waals surface area (Å²) in [5.41, 5.74) is 1.61. The molecule has 0 saturated heterocycles. The number of amides is 1. The first-order valence-corrected chi connectivity index (χ1v) is 7.92. The van der Waals surface area contributed by atoms with E-state index in [9.17, 15) is 14.7 Å². The van der Waals surface area contributed by atoms with Crippen molar-refractivity contribution in [3.05, 3.63) is 51.8 Å². The SMILES string of the molecule is CC(C)c1cc(C(=O)NC(C(=O)O)c2ccc(Br)cc2)nn1C. The number of hydrogen-bond acceptors (Lipinski definition) is 3. The van der Waals surface area contributed by atoms with Crippen LogP contribution in [0.5, 0.6) is 0 Å². The molecule has 0 spiro atoms. The maximum atomic E-state index is 12.3. The van der Waals surface area contributed by atoms with Gasteiger partial charge in [-0.05, 0) is 29.7 Å². The zero-order valence-electron chi connectivity index (χ0n) is 13.1. The van der Waals surface area contributed by atoms with E-state index >= 15 is 0 Å². The van der Waals surface area contributed by atoms with Crippen LogP contribution in [0.3, 0.4) is 0 Å². The molecular weight excluding hydrogens is 362 g/mol. The highest BCUT2D eigenvalue weighted by atomic mass is 79.9. The van der Waals surface area contributed by atoms with Crippen molar-refractivity contribution in [2.24, 2.45) is 7.05 Å². The summed E-state index contributed by atoms with van der Waals surface area (Å²) in [6.07, 6.45) is 0. The van der Waals surface area contributed by atoms with Crippen LogP contribution >= 0.6 is 15.9 Å². The Bertz CT molecular complexity index is 723. The number of carboxylic acids is 1. The molecule has 6 nitrogen and oxygen atoms in total. The van der Waals surface area contributed by atoms with Gasteiger partial charge in [0.25, 0.3) is 5.91 Å². The topological polar surface area (TPSA) is 84.2 Å². The first-order chi connectivity index (χ1) is 10.8. The zero-order valence-corrected chi connectivity index (χ0v) is 14.7. The summed E-state index contributed by atoms with van der Waals surface area (Å²) in [6, 6.07) is 7.33. The average Bonchev–Trinajstić information content (AvgIpc) is 2.87. The van der Waals surface area contributed by atoms with Gasteiger partial charge in [0.05, 0.1) is 0 Å². The van der Waals surface area contributed by atoms with E-state index < -0.39 is 17.9 Å². The number of rotatable bonds is 5. The van der Waals surface area contributed by atoms with Crippen LogP contribution in [0.1, 0.15) is 47.6 Å². The van der Waals surface area contributed by atoms with Crippen LogP contribution in [-0.4, -0.2) is 26.8 Å². The quantitative estimate of drug-likeness (QED) is 0.836. The highest BCUT2D eigenvalue weighted by Crippen LogP contribution is 2.19. The number of aliphatic carboxylic acids is 1. The van der Waals surface area contributed by atoms with Crippen LogP contribution in [0, 0.1) is 0 Å². The Labute approximate surface area is 142 Å². The van der Waals surface area contributed by atoms with E-state index in [0.29, 0.717) is 5.56 Å². The van der Waals surface area contributed by atoms with Gasteiger partial charge in [0.1, 0.15) is 5.69 Å². The third-order valence-electron chi connectivity index (χ3n) is 3.47. The van der Waals surface area contributed by atoms with Gasteiger partial charge in [-0.1, -0.05) is 41.9 Å². The monoisotopic (exact) mass is 379 g/mol. The Balaban J connectivity index is 2.23. The Morgan fingerprint density at radius 3 is 2.35 bits per heavy atom. The molecule has 23 heavy (non-hydrogen) atoms. The molecule has 7 heteroatoms. The lowest BCUT2D eigenvalue weighted by atomic mass is 10.1. The molecule has 1 aromatic carbocycles. The van der Waals surface area contributed by atoms with Crippen LogP contribution < -0.4 is 5.32 Å². The molecule has 2 N–H and O–H groups in total. The lowest BCUT2D eigenvalue weighted by molar-refractivity contribution is -0.139. The number of aromatic nitrogens is 2. The molecule has 1 atom stereocenters. The molecule has 0 fully saturated rings. The van der Waals surface area contributed by atoms with Gasteiger partial charge in [-0.3, -0.25) is 9.48 Å². The van der Waals surface area contributed by atoms with E-state index in [2.05, 4.69) is 26.3 Å². The Kier molecular flexibility index (Phi) is 5.20. The number of nitrogens with one attached hydrogen (secondary N) is 1. The van der Waals surface area contributed by atoms with Crippen LogP contribution in [0.4, 0.5) is 0 Å². The number of nitrogens with zero attached hydrogens (tertiary/aromatic N) is 2. The number of aryl methyl sites for hydroxylation is 1. The predicted molar refractivity (Wildman–Crippen MR) is 89.3 cm³/mol. The van der Waals surface area contributed by atoms with Gasteiger partial charge in [-0.2, -0.15) is 5.10 Å². The molecule has 122 valence electrons. The minimum atomic E-state index is -1.12. The van der Waals surface area contributed by atoms with Gasteiger partial charge in [-0.25, -0.2) is 4.79 Å². The minimum absolute atomic E-state index is 0.208. The average molecular weight is 380 g/mol. The summed E-state index contributed by atoms with van der Waals surface area (Å²) in [5, 5.41) is 16.1. The Hall–Kier alpha value is -2.15. The van der Waals surface area contributed by atoms with Crippen molar-refractivity contribution in [2.75, 3.05) is 0 Å². The largest absolute Gasteiger partial charge is 0.479 e. The molecule has 0 saturated carbocycles. The van der Waals surface area contributed by atoms with Crippen molar-refractivity contribution < 1.29 is 14.7 Å². The summed E-state index contributed by atoms with van der Waals surface area (Å²) in [7, 11) is 1.76. The molecular formula is C16H18BrN3O3. The lowest BCUT2D eigenvalue weighted by Crippen LogP contribution is -2.34. The number of halogens is 1. The molecule has 0 aliphatic rings. The highest BCUT2D eigenvalue weighted by molar-refractivity contribution is 9.10. The van der Waals surface area contributed by atoms with Crippen LogP contribution in [0.2, 0.25) is 0 Å². The fraction of sp³-hybridized carbons (Fsp3) is 0.312. The van der Waals surface area contributed by atoms with Gasteiger partial charge < -0.3 is 10.4 Å². The predicted octanol–water partition coefficient (Wildman–Crippen LogP) is 2.86. The molecule has 1 aromatic heterocycles. The summed E-state index contributed by atoms with van der Waals surface area (Å²) < 4.78 is 2.47. The number of carbonyl (C=O) groups is 2. The van der Waals surface area contributed by atoms with Crippen molar-refractivity contribution in [1.82, 2.24) is 15.1 Å². The lowest BCUT2D eigenvalue weighted by Gasteiger charge is -2.14. The standard InChI is InChI=1S/C16H18BrN3O3/c1-9(2)13-8-12(19-20(13)3)15(21)18-14(16(22)23)10-4-6-11(17)7-5-10/h4-9,14H,1-3H3,(H,18,21)(H,22,23). The summed E-state index contributed by atoms with van der Waals surface area (Å²) in [4.78, 5) is 23.8.